The van der Waals surface area contributed by atoms with Gasteiger partial charge in [-0.3, -0.25) is 0 Å². The molecular weight excluding hydrogens is 340 g/mol. The van der Waals surface area contributed by atoms with Gasteiger partial charge in [-0.15, -0.1) is 0 Å². The van der Waals surface area contributed by atoms with Crippen LogP contribution in [0, 0.1) is 3.77 Å². The summed E-state index contributed by atoms with van der Waals surface area (Å²) in [4.78, 5) is 0. The van der Waals surface area contributed by atoms with Gasteiger partial charge in [-0.25, -0.2) is 0 Å². The Morgan fingerprint density at radius 1 is 1.31 bits per heavy atom. The molecule has 0 atom stereocenters. The number of phenols is 1. The highest BCUT2D eigenvalue weighted by molar-refractivity contribution is 14.1. The van der Waals surface area contributed by atoms with Crippen molar-refractivity contribution in [3.8, 4) is 5.75 Å². The van der Waals surface area contributed by atoms with E-state index in [1.807, 2.05) is 12.1 Å². The lowest BCUT2D eigenvalue weighted by molar-refractivity contribution is 0.475. The molecule has 5 heteroatoms. The van der Waals surface area contributed by atoms with Crippen LogP contribution in [0.25, 0.3) is 0 Å². The molecular formula is C11H9ClINO2. The topological polar surface area (TPSA) is 45.4 Å². The quantitative estimate of drug-likeness (QED) is 0.653. The van der Waals surface area contributed by atoms with E-state index < -0.39 is 0 Å². The summed E-state index contributed by atoms with van der Waals surface area (Å²) in [5, 5.41) is 12.7. The lowest BCUT2D eigenvalue weighted by Crippen LogP contribution is -1.97. The zero-order chi connectivity index (χ0) is 11.5. The molecule has 2 rings (SSSR count). The monoisotopic (exact) mass is 349 g/mol. The molecule has 0 unspecified atom stereocenters. The van der Waals surface area contributed by atoms with Gasteiger partial charge < -0.3 is 14.8 Å². The molecule has 0 saturated carbocycles. The lowest BCUT2D eigenvalue weighted by atomic mass is 10.3. The minimum atomic E-state index is 0.0831. The Balaban J connectivity index is 2.02. The number of furan rings is 1. The van der Waals surface area contributed by atoms with E-state index in [1.165, 1.54) is 0 Å². The number of phenolic OH excluding ortho intramolecular Hbond substituents is 1. The summed E-state index contributed by atoms with van der Waals surface area (Å²) in [7, 11) is 0. The Hall–Kier alpha value is -0.880. The van der Waals surface area contributed by atoms with Crippen molar-refractivity contribution in [3.05, 3.63) is 44.9 Å². The molecule has 1 heterocycles. The molecule has 3 nitrogen and oxygen atoms in total. The third-order valence-corrected chi connectivity index (χ3v) is 2.93. The zero-order valence-corrected chi connectivity index (χ0v) is 11.1. The Labute approximate surface area is 112 Å². The summed E-state index contributed by atoms with van der Waals surface area (Å²) < 4.78 is 6.26. The van der Waals surface area contributed by atoms with Crippen LogP contribution in [0.2, 0.25) is 5.02 Å². The molecule has 84 valence electrons. The van der Waals surface area contributed by atoms with Crippen molar-refractivity contribution in [2.24, 2.45) is 0 Å². The molecule has 0 spiro atoms. The largest absolute Gasteiger partial charge is 0.506 e. The summed E-state index contributed by atoms with van der Waals surface area (Å²) in [5.41, 5.74) is 0.842. The minimum Gasteiger partial charge on any atom is -0.506 e. The van der Waals surface area contributed by atoms with Crippen molar-refractivity contribution >= 4 is 39.9 Å². The van der Waals surface area contributed by atoms with E-state index in [0.29, 0.717) is 11.6 Å². The average molecular weight is 350 g/mol. The van der Waals surface area contributed by atoms with Gasteiger partial charge >= 0.3 is 0 Å². The highest BCUT2D eigenvalue weighted by Crippen LogP contribution is 2.26. The molecule has 0 bridgehead atoms. The maximum Gasteiger partial charge on any atom is 0.164 e. The molecule has 0 fully saturated rings. The van der Waals surface area contributed by atoms with E-state index in [2.05, 4.69) is 27.9 Å². The highest BCUT2D eigenvalue weighted by atomic mass is 127. The third kappa shape index (κ3) is 2.82. The van der Waals surface area contributed by atoms with Crippen LogP contribution in [0.1, 0.15) is 5.76 Å². The van der Waals surface area contributed by atoms with E-state index >= 15 is 0 Å². The smallest absolute Gasteiger partial charge is 0.164 e. The molecule has 1 aromatic carbocycles. The summed E-state index contributed by atoms with van der Waals surface area (Å²) in [6.45, 7) is 0.587. The number of benzene rings is 1. The molecule has 16 heavy (non-hydrogen) atoms. The fourth-order valence-electron chi connectivity index (χ4n) is 1.25. The first kappa shape index (κ1) is 11.6. The van der Waals surface area contributed by atoms with Crippen LogP contribution in [-0.2, 0) is 6.54 Å². The molecule has 0 aliphatic rings. The molecule has 0 aliphatic carbocycles. The second-order valence-corrected chi connectivity index (χ2v) is 4.70. The second kappa shape index (κ2) is 4.97. The van der Waals surface area contributed by atoms with E-state index in [9.17, 15) is 5.11 Å². The summed E-state index contributed by atoms with van der Waals surface area (Å²) in [5.74, 6) is 0.938. The predicted molar refractivity (Wildman–Crippen MR) is 71.9 cm³/mol. The summed E-state index contributed by atoms with van der Waals surface area (Å²) >= 11 is 7.90. The van der Waals surface area contributed by atoms with Gasteiger partial charge in [-0.1, -0.05) is 11.6 Å². The molecule has 0 amide bonds. The minimum absolute atomic E-state index is 0.0831. The van der Waals surface area contributed by atoms with Gasteiger partial charge in [-0.2, -0.15) is 0 Å². The van der Waals surface area contributed by atoms with Crippen LogP contribution in [0.4, 0.5) is 5.69 Å². The first-order chi connectivity index (χ1) is 7.65. The van der Waals surface area contributed by atoms with Gasteiger partial charge in [0.25, 0.3) is 0 Å². The van der Waals surface area contributed by atoms with Crippen molar-refractivity contribution in [1.82, 2.24) is 0 Å². The van der Waals surface area contributed by atoms with E-state index in [0.717, 1.165) is 15.2 Å². The summed E-state index contributed by atoms with van der Waals surface area (Å²) in [6.07, 6.45) is 0. The van der Waals surface area contributed by atoms with Crippen LogP contribution in [0.15, 0.2) is 34.7 Å². The van der Waals surface area contributed by atoms with Gasteiger partial charge in [0.2, 0.25) is 0 Å². The van der Waals surface area contributed by atoms with E-state index in [4.69, 9.17) is 16.0 Å². The molecule has 0 saturated heterocycles. The van der Waals surface area contributed by atoms with Crippen LogP contribution in [-0.4, -0.2) is 5.11 Å². The van der Waals surface area contributed by atoms with Crippen LogP contribution in [0.5, 0.6) is 5.75 Å². The third-order valence-electron chi connectivity index (χ3n) is 2.04. The van der Waals surface area contributed by atoms with Crippen molar-refractivity contribution in [2.75, 3.05) is 5.32 Å². The number of hydrogen-bond donors (Lipinski definition) is 2. The van der Waals surface area contributed by atoms with E-state index in [1.54, 1.807) is 18.2 Å². The SMILES string of the molecule is Oc1ccc(NCc2ccc(I)o2)cc1Cl. The molecule has 2 N–H and O–H groups in total. The highest BCUT2D eigenvalue weighted by Gasteiger charge is 2.02. The maximum absolute atomic E-state index is 9.25. The van der Waals surface area contributed by atoms with Gasteiger partial charge in [0.1, 0.15) is 11.5 Å². The molecule has 0 radical (unpaired) electrons. The van der Waals surface area contributed by atoms with Gasteiger partial charge in [-0.05, 0) is 52.9 Å². The first-order valence-corrected chi connectivity index (χ1v) is 6.07. The number of hydrogen-bond acceptors (Lipinski definition) is 3. The van der Waals surface area contributed by atoms with Crippen LogP contribution >= 0.6 is 34.2 Å². The Bertz CT molecular complexity index is 498. The number of halogens is 2. The van der Waals surface area contributed by atoms with E-state index in [-0.39, 0.29) is 5.75 Å². The Morgan fingerprint density at radius 3 is 2.75 bits per heavy atom. The molecule has 1 aromatic heterocycles. The van der Waals surface area contributed by atoms with Crippen molar-refractivity contribution in [2.45, 2.75) is 6.54 Å². The van der Waals surface area contributed by atoms with Crippen LogP contribution < -0.4 is 5.32 Å². The van der Waals surface area contributed by atoms with Gasteiger partial charge in [0, 0.05) is 5.69 Å². The molecule has 2 aromatic rings. The first-order valence-electron chi connectivity index (χ1n) is 4.62. The standard InChI is InChI=1S/C11H9ClINO2/c12-9-5-7(1-3-10(9)15)14-6-8-2-4-11(13)16-8/h1-5,14-15H,6H2. The number of rotatable bonds is 3. The van der Waals surface area contributed by atoms with Gasteiger partial charge in [0.05, 0.1) is 11.6 Å². The fraction of sp³-hybridized carbons (Fsp3) is 0.0909. The van der Waals surface area contributed by atoms with Crippen molar-refractivity contribution in [3.63, 3.8) is 0 Å². The van der Waals surface area contributed by atoms with Gasteiger partial charge in [0.15, 0.2) is 3.77 Å². The number of nitrogens with one attached hydrogen (secondary N) is 1. The zero-order valence-electron chi connectivity index (χ0n) is 8.21. The lowest BCUT2D eigenvalue weighted by Gasteiger charge is -2.05. The fourth-order valence-corrected chi connectivity index (χ4v) is 1.90. The van der Waals surface area contributed by atoms with Crippen molar-refractivity contribution < 1.29 is 9.52 Å². The predicted octanol–water partition coefficient (Wildman–Crippen LogP) is 3.86. The summed E-state index contributed by atoms with van der Waals surface area (Å²) in [6, 6.07) is 8.80. The van der Waals surface area contributed by atoms with Crippen LogP contribution in [0.3, 0.4) is 0 Å². The maximum atomic E-state index is 9.25. The normalized spacial score (nSPS) is 10.4. The average Bonchev–Trinajstić information content (AvgIpc) is 2.66. The Kier molecular flexibility index (Phi) is 3.60. The Morgan fingerprint density at radius 2 is 2.12 bits per heavy atom. The molecule has 0 aliphatic heterocycles. The van der Waals surface area contributed by atoms with Crippen molar-refractivity contribution in [1.29, 1.82) is 0 Å². The number of anilines is 1. The second-order valence-electron chi connectivity index (χ2n) is 3.23. The number of aromatic hydroxyl groups is 1.